The van der Waals surface area contributed by atoms with Crippen LogP contribution in [0.4, 0.5) is 0 Å². The number of aliphatic hydroxyl groups excluding tert-OH is 1. The van der Waals surface area contributed by atoms with Crippen molar-refractivity contribution in [2.24, 2.45) is 44.8 Å². The molecule has 33 heavy (non-hydrogen) atoms. The van der Waals surface area contributed by atoms with Crippen molar-refractivity contribution in [3.8, 4) is 0 Å². The first-order valence-electron chi connectivity index (χ1n) is 13.5. The highest BCUT2D eigenvalue weighted by Gasteiger charge is 2.68. The van der Waals surface area contributed by atoms with Gasteiger partial charge in [-0.3, -0.25) is 4.79 Å². The standard InChI is InChI=1S/C30H46O3/c1-19-10-15-30(25(32)33-7)17-16-28(5)20(21(30)18-19)8-9-23-27(4)13-12-24(31)26(2,3)22(27)11-14-29(23,28)6/h8,18,21-24,31H,9-17H2,1-7H3. The topological polar surface area (TPSA) is 46.5 Å². The fourth-order valence-electron chi connectivity index (χ4n) is 10.2. The third kappa shape index (κ3) is 2.81. The van der Waals surface area contributed by atoms with Gasteiger partial charge in [0.05, 0.1) is 18.6 Å². The predicted molar refractivity (Wildman–Crippen MR) is 132 cm³/mol. The maximum absolute atomic E-state index is 13.2. The van der Waals surface area contributed by atoms with Crippen molar-refractivity contribution in [2.45, 2.75) is 105 Å². The molecule has 8 unspecified atom stereocenters. The van der Waals surface area contributed by atoms with E-state index >= 15 is 0 Å². The zero-order valence-corrected chi connectivity index (χ0v) is 22.1. The van der Waals surface area contributed by atoms with Crippen LogP contribution in [-0.4, -0.2) is 24.3 Å². The molecule has 0 aliphatic heterocycles. The van der Waals surface area contributed by atoms with Crippen molar-refractivity contribution in [1.29, 1.82) is 0 Å². The molecular weight excluding hydrogens is 408 g/mol. The summed E-state index contributed by atoms with van der Waals surface area (Å²) in [5.41, 5.74) is 3.17. The zero-order chi connectivity index (χ0) is 24.0. The second-order valence-electron chi connectivity index (χ2n) is 13.8. The molecule has 5 rings (SSSR count). The fourth-order valence-corrected chi connectivity index (χ4v) is 10.2. The zero-order valence-electron chi connectivity index (χ0n) is 22.1. The van der Waals surface area contributed by atoms with Gasteiger partial charge in [0.2, 0.25) is 0 Å². The molecule has 3 heteroatoms. The summed E-state index contributed by atoms with van der Waals surface area (Å²) in [5.74, 6) is 1.39. The Morgan fingerprint density at radius 3 is 2.42 bits per heavy atom. The molecule has 0 heterocycles. The average molecular weight is 455 g/mol. The Kier molecular flexibility index (Phi) is 5.17. The molecule has 0 amide bonds. The molecule has 0 spiro atoms. The van der Waals surface area contributed by atoms with Gasteiger partial charge in [0.25, 0.3) is 0 Å². The Morgan fingerprint density at radius 2 is 1.73 bits per heavy atom. The lowest BCUT2D eigenvalue weighted by Gasteiger charge is -2.70. The van der Waals surface area contributed by atoms with Crippen molar-refractivity contribution >= 4 is 5.97 Å². The van der Waals surface area contributed by atoms with E-state index in [2.05, 4.69) is 53.7 Å². The number of methoxy groups -OCH3 is 1. The number of allylic oxidation sites excluding steroid dienone is 4. The van der Waals surface area contributed by atoms with Crippen LogP contribution in [0.3, 0.4) is 0 Å². The highest BCUT2D eigenvalue weighted by molar-refractivity contribution is 5.79. The number of esters is 1. The molecule has 0 aromatic heterocycles. The molecule has 0 saturated heterocycles. The molecule has 3 fully saturated rings. The largest absolute Gasteiger partial charge is 0.469 e. The Balaban J connectivity index is 1.61. The van der Waals surface area contributed by atoms with E-state index in [0.717, 1.165) is 44.9 Å². The smallest absolute Gasteiger partial charge is 0.312 e. The molecule has 5 aliphatic rings. The van der Waals surface area contributed by atoms with Crippen molar-refractivity contribution in [3.63, 3.8) is 0 Å². The predicted octanol–water partition coefficient (Wildman–Crippen LogP) is 6.85. The van der Waals surface area contributed by atoms with Gasteiger partial charge in [0.1, 0.15) is 0 Å². The van der Waals surface area contributed by atoms with Crippen LogP contribution < -0.4 is 0 Å². The molecule has 5 aliphatic carbocycles. The van der Waals surface area contributed by atoms with E-state index in [9.17, 15) is 9.90 Å². The van der Waals surface area contributed by atoms with Crippen molar-refractivity contribution in [3.05, 3.63) is 23.3 Å². The van der Waals surface area contributed by atoms with Crippen LogP contribution in [-0.2, 0) is 9.53 Å². The summed E-state index contributed by atoms with van der Waals surface area (Å²) in [4.78, 5) is 13.2. The maximum atomic E-state index is 13.2. The lowest BCUT2D eigenvalue weighted by molar-refractivity contribution is -0.202. The lowest BCUT2D eigenvalue weighted by Crippen LogP contribution is -2.64. The average Bonchev–Trinajstić information content (AvgIpc) is 2.76. The van der Waals surface area contributed by atoms with Crippen LogP contribution in [0.5, 0.6) is 0 Å². The minimum absolute atomic E-state index is 0.00478. The van der Waals surface area contributed by atoms with Gasteiger partial charge in [-0.25, -0.2) is 0 Å². The minimum atomic E-state index is -0.374. The Hall–Kier alpha value is -1.09. The van der Waals surface area contributed by atoms with Crippen LogP contribution in [0, 0.1) is 44.8 Å². The molecule has 8 atom stereocenters. The molecule has 0 radical (unpaired) electrons. The molecule has 0 aromatic rings. The van der Waals surface area contributed by atoms with Gasteiger partial charge >= 0.3 is 5.97 Å². The van der Waals surface area contributed by atoms with Gasteiger partial charge in [-0.2, -0.15) is 0 Å². The SMILES string of the molecule is COC(=O)C12CCC(C)=CC1C1=CCC3C4(C)CCC(O)C(C)(C)C4CCC3(C)C1(C)CC2. The molecule has 1 N–H and O–H groups in total. The summed E-state index contributed by atoms with van der Waals surface area (Å²) in [6.45, 7) is 14.6. The van der Waals surface area contributed by atoms with E-state index in [0.29, 0.717) is 11.8 Å². The fraction of sp³-hybridized carbons (Fsp3) is 0.833. The number of hydrogen-bond acceptors (Lipinski definition) is 3. The van der Waals surface area contributed by atoms with Gasteiger partial charge in [-0.1, -0.05) is 57.9 Å². The number of fused-ring (bicyclic) bond motifs is 7. The Bertz CT molecular complexity index is 914. The number of hydrogen-bond donors (Lipinski definition) is 1. The van der Waals surface area contributed by atoms with Crippen molar-refractivity contribution < 1.29 is 14.6 Å². The summed E-state index contributed by atoms with van der Waals surface area (Å²) >= 11 is 0. The monoisotopic (exact) mass is 454 g/mol. The lowest BCUT2D eigenvalue weighted by atomic mass is 9.34. The summed E-state index contributed by atoms with van der Waals surface area (Å²) in [6, 6.07) is 0. The van der Waals surface area contributed by atoms with Crippen molar-refractivity contribution in [2.75, 3.05) is 7.11 Å². The first kappa shape index (κ1) is 23.6. The van der Waals surface area contributed by atoms with E-state index in [1.165, 1.54) is 24.0 Å². The second kappa shape index (κ2) is 7.21. The Morgan fingerprint density at radius 1 is 1.00 bits per heavy atom. The molecule has 0 aromatic carbocycles. The maximum Gasteiger partial charge on any atom is 0.312 e. The van der Waals surface area contributed by atoms with Crippen LogP contribution in [0.25, 0.3) is 0 Å². The molecule has 3 saturated carbocycles. The van der Waals surface area contributed by atoms with E-state index in [4.69, 9.17) is 4.74 Å². The van der Waals surface area contributed by atoms with E-state index in [1.54, 1.807) is 7.11 Å². The van der Waals surface area contributed by atoms with E-state index in [1.807, 2.05) is 0 Å². The highest BCUT2D eigenvalue weighted by atomic mass is 16.5. The number of ether oxygens (including phenoxy) is 1. The number of carbonyl (C=O) groups is 1. The summed E-state index contributed by atoms with van der Waals surface area (Å²) in [7, 11) is 1.57. The van der Waals surface area contributed by atoms with Gasteiger partial charge in [0.15, 0.2) is 0 Å². The second-order valence-corrected chi connectivity index (χ2v) is 13.8. The third-order valence-corrected chi connectivity index (χ3v) is 12.5. The highest BCUT2D eigenvalue weighted by Crippen LogP contribution is 2.75. The minimum Gasteiger partial charge on any atom is -0.469 e. The summed E-state index contributed by atoms with van der Waals surface area (Å²) in [5, 5.41) is 10.9. The summed E-state index contributed by atoms with van der Waals surface area (Å²) in [6.07, 6.45) is 14.4. The van der Waals surface area contributed by atoms with Crippen LogP contribution in [0.1, 0.15) is 99.3 Å². The van der Waals surface area contributed by atoms with Crippen molar-refractivity contribution in [1.82, 2.24) is 0 Å². The van der Waals surface area contributed by atoms with Crippen LogP contribution in [0.15, 0.2) is 23.3 Å². The summed E-state index contributed by atoms with van der Waals surface area (Å²) < 4.78 is 5.43. The number of aliphatic hydroxyl groups is 1. The number of carbonyl (C=O) groups excluding carboxylic acids is 1. The van der Waals surface area contributed by atoms with Gasteiger partial charge < -0.3 is 9.84 Å². The first-order valence-corrected chi connectivity index (χ1v) is 13.5. The molecule has 184 valence electrons. The van der Waals surface area contributed by atoms with Crippen LogP contribution >= 0.6 is 0 Å². The van der Waals surface area contributed by atoms with Crippen LogP contribution in [0.2, 0.25) is 0 Å². The van der Waals surface area contributed by atoms with E-state index in [-0.39, 0.29) is 45.1 Å². The Labute approximate surface area is 201 Å². The van der Waals surface area contributed by atoms with Gasteiger partial charge in [0, 0.05) is 5.92 Å². The number of rotatable bonds is 1. The van der Waals surface area contributed by atoms with E-state index < -0.39 is 0 Å². The van der Waals surface area contributed by atoms with Gasteiger partial charge in [-0.05, 0) is 98.2 Å². The van der Waals surface area contributed by atoms with Gasteiger partial charge in [-0.15, -0.1) is 0 Å². The normalized spacial score (nSPS) is 50.5. The molecule has 3 nitrogen and oxygen atoms in total. The third-order valence-electron chi connectivity index (χ3n) is 12.5. The first-order chi connectivity index (χ1) is 15.4. The molecular formula is C30H46O3. The molecule has 0 bridgehead atoms. The quantitative estimate of drug-likeness (QED) is 0.348.